The van der Waals surface area contributed by atoms with E-state index in [0.29, 0.717) is 12.1 Å². The number of hydrogen-bond acceptors (Lipinski definition) is 3. The predicted octanol–water partition coefficient (Wildman–Crippen LogP) is 3.01. The van der Waals surface area contributed by atoms with Gasteiger partial charge >= 0.3 is 0 Å². The number of halogens is 1. The van der Waals surface area contributed by atoms with Gasteiger partial charge < -0.3 is 10.6 Å². The van der Waals surface area contributed by atoms with Gasteiger partial charge in [-0.15, -0.1) is 24.2 Å². The molecule has 0 saturated carbocycles. The Labute approximate surface area is 131 Å². The van der Waals surface area contributed by atoms with Gasteiger partial charge in [0.1, 0.15) is 0 Å². The molecule has 2 atom stereocenters. The fraction of sp³-hybridized carbons (Fsp3) is 0.533. The summed E-state index contributed by atoms with van der Waals surface area (Å²) in [5.41, 5.74) is 1.84. The maximum Gasteiger partial charge on any atom is 0.251 e. The lowest BCUT2D eigenvalue weighted by molar-refractivity contribution is 0.0925. The third-order valence-electron chi connectivity index (χ3n) is 3.65. The molecule has 2 unspecified atom stereocenters. The second-order valence-electron chi connectivity index (χ2n) is 5.23. The van der Waals surface area contributed by atoms with E-state index in [9.17, 15) is 4.79 Å². The lowest BCUT2D eigenvalue weighted by atomic mass is 9.99. The molecule has 1 fully saturated rings. The Morgan fingerprint density at radius 2 is 2.20 bits per heavy atom. The average Bonchev–Trinajstić information content (AvgIpc) is 2.39. The Kier molecular flexibility index (Phi) is 6.86. The van der Waals surface area contributed by atoms with Crippen molar-refractivity contribution in [3.05, 3.63) is 29.3 Å². The molecule has 0 bridgehead atoms. The Morgan fingerprint density at radius 3 is 2.85 bits per heavy atom. The highest BCUT2D eigenvalue weighted by Gasteiger charge is 2.21. The quantitative estimate of drug-likeness (QED) is 0.843. The van der Waals surface area contributed by atoms with Gasteiger partial charge in [-0.05, 0) is 57.2 Å². The van der Waals surface area contributed by atoms with E-state index >= 15 is 0 Å². The van der Waals surface area contributed by atoms with Crippen LogP contribution in [0.3, 0.4) is 0 Å². The largest absolute Gasteiger partial charge is 0.349 e. The molecule has 1 aliphatic rings. The number of hydrogen-bond donors (Lipinski definition) is 2. The first-order valence-corrected chi connectivity index (χ1v) is 8.01. The van der Waals surface area contributed by atoms with E-state index in [1.165, 1.54) is 0 Å². The van der Waals surface area contributed by atoms with E-state index in [4.69, 9.17) is 0 Å². The number of rotatable bonds is 3. The van der Waals surface area contributed by atoms with Crippen molar-refractivity contribution in [2.45, 2.75) is 43.7 Å². The second-order valence-corrected chi connectivity index (χ2v) is 6.11. The number of benzene rings is 1. The topological polar surface area (TPSA) is 41.1 Å². The van der Waals surface area contributed by atoms with Gasteiger partial charge in [-0.1, -0.05) is 6.07 Å². The molecule has 0 aromatic heterocycles. The summed E-state index contributed by atoms with van der Waals surface area (Å²) in [5, 5.41) is 6.57. The SMILES string of the molecule is CSc1ccc(C)c(C(=O)NC2CCNC(C)C2)c1.Cl. The maximum atomic E-state index is 12.4. The standard InChI is InChI=1S/C15H22N2OS.ClH/c1-10-4-5-13(19-3)9-14(10)15(18)17-12-6-7-16-11(2)8-12;/h4-5,9,11-12,16H,6-8H2,1-3H3,(H,17,18);1H. The van der Waals surface area contributed by atoms with Crippen LogP contribution in [-0.4, -0.2) is 30.8 Å². The van der Waals surface area contributed by atoms with Gasteiger partial charge in [0.2, 0.25) is 0 Å². The third kappa shape index (κ3) is 4.40. The summed E-state index contributed by atoms with van der Waals surface area (Å²) < 4.78 is 0. The molecule has 1 heterocycles. The summed E-state index contributed by atoms with van der Waals surface area (Å²) in [4.78, 5) is 13.5. The van der Waals surface area contributed by atoms with Gasteiger partial charge in [-0.25, -0.2) is 0 Å². The summed E-state index contributed by atoms with van der Waals surface area (Å²) in [6.07, 6.45) is 4.05. The summed E-state index contributed by atoms with van der Waals surface area (Å²) in [7, 11) is 0. The minimum absolute atomic E-state index is 0. The molecule has 1 aliphatic heterocycles. The molecular weight excluding hydrogens is 292 g/mol. The zero-order valence-electron chi connectivity index (χ0n) is 12.2. The Morgan fingerprint density at radius 1 is 1.45 bits per heavy atom. The van der Waals surface area contributed by atoms with E-state index < -0.39 is 0 Å². The van der Waals surface area contributed by atoms with E-state index in [0.717, 1.165) is 35.4 Å². The van der Waals surface area contributed by atoms with Crippen LogP contribution in [0.15, 0.2) is 23.1 Å². The molecule has 0 aliphatic carbocycles. The maximum absolute atomic E-state index is 12.4. The Balaban J connectivity index is 0.00000200. The van der Waals surface area contributed by atoms with Gasteiger partial charge in [0.05, 0.1) is 0 Å². The first kappa shape index (κ1) is 17.3. The Bertz CT molecular complexity index is 467. The normalized spacial score (nSPS) is 21.9. The number of thioether (sulfide) groups is 1. The lowest BCUT2D eigenvalue weighted by Gasteiger charge is -2.28. The number of aryl methyl sites for hydroxylation is 1. The first-order chi connectivity index (χ1) is 9.10. The molecule has 3 nitrogen and oxygen atoms in total. The molecule has 20 heavy (non-hydrogen) atoms. The van der Waals surface area contributed by atoms with E-state index in [-0.39, 0.29) is 18.3 Å². The van der Waals surface area contributed by atoms with Crippen molar-refractivity contribution in [3.63, 3.8) is 0 Å². The van der Waals surface area contributed by atoms with Gasteiger partial charge in [-0.3, -0.25) is 4.79 Å². The molecule has 5 heteroatoms. The fourth-order valence-electron chi connectivity index (χ4n) is 2.50. The van der Waals surface area contributed by atoms with Crippen molar-refractivity contribution in [2.24, 2.45) is 0 Å². The van der Waals surface area contributed by atoms with Crippen LogP contribution in [-0.2, 0) is 0 Å². The fourth-order valence-corrected chi connectivity index (χ4v) is 2.94. The second kappa shape index (κ2) is 7.91. The highest BCUT2D eigenvalue weighted by molar-refractivity contribution is 7.98. The number of carbonyl (C=O) groups is 1. The number of carbonyl (C=O) groups excluding carboxylic acids is 1. The molecule has 1 aromatic rings. The van der Waals surface area contributed by atoms with Crippen molar-refractivity contribution in [1.29, 1.82) is 0 Å². The average molecular weight is 315 g/mol. The zero-order chi connectivity index (χ0) is 13.8. The van der Waals surface area contributed by atoms with Crippen molar-refractivity contribution in [1.82, 2.24) is 10.6 Å². The summed E-state index contributed by atoms with van der Waals surface area (Å²) >= 11 is 1.67. The van der Waals surface area contributed by atoms with Gasteiger partial charge in [-0.2, -0.15) is 0 Å². The molecule has 0 spiro atoms. The number of nitrogens with one attached hydrogen (secondary N) is 2. The van der Waals surface area contributed by atoms with Crippen LogP contribution < -0.4 is 10.6 Å². The Hall–Kier alpha value is -0.710. The van der Waals surface area contributed by atoms with Gasteiger partial charge in [0.15, 0.2) is 0 Å². The van der Waals surface area contributed by atoms with E-state index in [1.54, 1.807) is 11.8 Å². The highest BCUT2D eigenvalue weighted by atomic mass is 35.5. The smallest absolute Gasteiger partial charge is 0.251 e. The third-order valence-corrected chi connectivity index (χ3v) is 4.37. The molecule has 1 saturated heterocycles. The molecule has 112 valence electrons. The molecule has 1 amide bonds. The van der Waals surface area contributed by atoms with E-state index in [2.05, 4.69) is 23.6 Å². The minimum atomic E-state index is 0. The van der Waals surface area contributed by atoms with Crippen LogP contribution in [0.25, 0.3) is 0 Å². The van der Waals surface area contributed by atoms with Crippen LogP contribution in [0, 0.1) is 6.92 Å². The van der Waals surface area contributed by atoms with Crippen molar-refractivity contribution < 1.29 is 4.79 Å². The van der Waals surface area contributed by atoms with Crippen LogP contribution in [0.5, 0.6) is 0 Å². The van der Waals surface area contributed by atoms with Crippen LogP contribution in [0.1, 0.15) is 35.7 Å². The van der Waals surface area contributed by atoms with E-state index in [1.807, 2.05) is 25.3 Å². The minimum Gasteiger partial charge on any atom is -0.349 e. The molecule has 1 aromatic carbocycles. The van der Waals surface area contributed by atoms with Gasteiger partial charge in [0, 0.05) is 22.5 Å². The molecular formula is C15H23ClN2OS. The summed E-state index contributed by atoms with van der Waals surface area (Å²) in [5.74, 6) is 0.0625. The van der Waals surface area contributed by atoms with Crippen LogP contribution >= 0.6 is 24.2 Å². The van der Waals surface area contributed by atoms with Crippen molar-refractivity contribution in [3.8, 4) is 0 Å². The predicted molar refractivity (Wildman–Crippen MR) is 88.2 cm³/mol. The van der Waals surface area contributed by atoms with Gasteiger partial charge in [0.25, 0.3) is 5.91 Å². The number of piperidine rings is 1. The van der Waals surface area contributed by atoms with Crippen molar-refractivity contribution in [2.75, 3.05) is 12.8 Å². The summed E-state index contributed by atoms with van der Waals surface area (Å²) in [6, 6.07) is 6.84. The molecule has 0 radical (unpaired) electrons. The number of amides is 1. The summed E-state index contributed by atoms with van der Waals surface area (Å²) in [6.45, 7) is 5.14. The lowest BCUT2D eigenvalue weighted by Crippen LogP contribution is -2.46. The van der Waals surface area contributed by atoms with Crippen LogP contribution in [0.4, 0.5) is 0 Å². The molecule has 2 N–H and O–H groups in total. The molecule has 2 rings (SSSR count). The van der Waals surface area contributed by atoms with Crippen molar-refractivity contribution >= 4 is 30.1 Å². The van der Waals surface area contributed by atoms with Crippen LogP contribution in [0.2, 0.25) is 0 Å². The zero-order valence-corrected chi connectivity index (χ0v) is 13.9. The monoisotopic (exact) mass is 314 g/mol. The highest BCUT2D eigenvalue weighted by Crippen LogP contribution is 2.19. The first-order valence-electron chi connectivity index (χ1n) is 6.79.